The van der Waals surface area contributed by atoms with Crippen molar-refractivity contribution in [1.82, 2.24) is 0 Å². The third kappa shape index (κ3) is 5.76. The van der Waals surface area contributed by atoms with Gasteiger partial charge in [0.15, 0.2) is 6.29 Å². The van der Waals surface area contributed by atoms with Gasteiger partial charge in [0.05, 0.1) is 6.61 Å². The molecule has 0 fully saturated rings. The monoisotopic (exact) mass is 136 g/mol. The molecule has 0 aromatic heterocycles. The molecule has 0 N–H and O–H groups in total. The second-order valence-electron chi connectivity index (χ2n) is 1.36. The van der Waals surface area contributed by atoms with E-state index in [1.807, 2.05) is 0 Å². The third-order valence-electron chi connectivity index (χ3n) is 0.829. The van der Waals surface area contributed by atoms with Crippen molar-refractivity contribution in [3.63, 3.8) is 0 Å². The van der Waals surface area contributed by atoms with Crippen molar-refractivity contribution < 1.29 is 14.2 Å². The van der Waals surface area contributed by atoms with Gasteiger partial charge in [0.25, 0.3) is 0 Å². The minimum atomic E-state index is -0.222. The highest BCUT2D eigenvalue weighted by Crippen LogP contribution is 1.88. The lowest BCUT2D eigenvalue weighted by atomic mass is 10.7. The van der Waals surface area contributed by atoms with E-state index >= 15 is 0 Å². The van der Waals surface area contributed by atoms with Crippen LogP contribution in [0.3, 0.4) is 0 Å². The zero-order valence-corrected chi connectivity index (χ0v) is 5.51. The summed E-state index contributed by atoms with van der Waals surface area (Å²) in [7, 11) is 4.76. The minimum Gasteiger partial charge on any atom is -0.379 e. The summed E-state index contributed by atoms with van der Waals surface area (Å²) < 4.78 is 14.3. The average Bonchev–Trinajstić information content (AvgIpc) is 1.83. The molecule has 0 aromatic rings. The number of ether oxygens (including phenoxy) is 3. The van der Waals surface area contributed by atoms with E-state index in [1.165, 1.54) is 0 Å². The van der Waals surface area contributed by atoms with Crippen molar-refractivity contribution in [2.24, 2.45) is 0 Å². The fraction of sp³-hybridized carbons (Fsp3) is 1.00. The quantitative estimate of drug-likeness (QED) is 0.537. The Hall–Kier alpha value is -0.120. The molecule has 0 rings (SSSR count). The molecule has 0 saturated carbocycles. The van der Waals surface area contributed by atoms with E-state index in [0.717, 1.165) is 0 Å². The summed E-state index contributed by atoms with van der Waals surface area (Å²) in [6, 6.07) is 0. The Bertz CT molecular complexity index is 43.6. The lowest BCUT2D eigenvalue weighted by Crippen LogP contribution is -2.18. The first-order chi connectivity index (χ1) is 3.85. The Kier molecular flexibility index (Phi) is 10.2. The van der Waals surface area contributed by atoms with Crippen LogP contribution in [0, 0.1) is 0 Å². The predicted octanol–water partition coefficient (Wildman–Crippen LogP) is 0.888. The average molecular weight is 136 g/mol. The lowest BCUT2D eigenvalue weighted by molar-refractivity contribution is -0.133. The molecule has 9 heavy (non-hydrogen) atoms. The summed E-state index contributed by atoms with van der Waals surface area (Å²) in [6.07, 6.45) is -0.222. The van der Waals surface area contributed by atoms with Crippen LogP contribution in [0.25, 0.3) is 0 Å². The third-order valence-corrected chi connectivity index (χ3v) is 0.829. The topological polar surface area (TPSA) is 27.7 Å². The van der Waals surface area contributed by atoms with Crippen molar-refractivity contribution in [3.8, 4) is 0 Å². The van der Waals surface area contributed by atoms with Crippen LogP contribution in [-0.2, 0) is 14.2 Å². The van der Waals surface area contributed by atoms with Crippen molar-refractivity contribution in [2.45, 2.75) is 13.7 Å². The van der Waals surface area contributed by atoms with Crippen LogP contribution in [-0.4, -0.2) is 34.2 Å². The Balaban J connectivity index is 0. The van der Waals surface area contributed by atoms with Crippen LogP contribution in [0.2, 0.25) is 0 Å². The van der Waals surface area contributed by atoms with Crippen LogP contribution in [0.5, 0.6) is 0 Å². The zero-order valence-electron chi connectivity index (χ0n) is 5.51. The fourth-order valence-electron chi connectivity index (χ4n) is 0.368. The lowest BCUT2D eigenvalue weighted by Gasteiger charge is -2.10. The SMILES string of the molecule is C.COCC(OC)OC. The molecule has 0 unspecified atom stereocenters. The maximum absolute atomic E-state index is 4.79. The Labute approximate surface area is 56.9 Å². The van der Waals surface area contributed by atoms with Crippen LogP contribution in [0.1, 0.15) is 7.43 Å². The fourth-order valence-corrected chi connectivity index (χ4v) is 0.368. The van der Waals surface area contributed by atoms with Crippen molar-refractivity contribution in [1.29, 1.82) is 0 Å². The van der Waals surface area contributed by atoms with Gasteiger partial charge in [0.1, 0.15) is 0 Å². The molecule has 0 atom stereocenters. The highest BCUT2D eigenvalue weighted by molar-refractivity contribution is 4.33. The highest BCUT2D eigenvalue weighted by atomic mass is 16.7. The van der Waals surface area contributed by atoms with Gasteiger partial charge in [-0.1, -0.05) is 7.43 Å². The highest BCUT2D eigenvalue weighted by Gasteiger charge is 2.00. The van der Waals surface area contributed by atoms with Crippen LogP contribution < -0.4 is 0 Å². The zero-order chi connectivity index (χ0) is 6.41. The normalized spacial score (nSPS) is 9.33. The Morgan fingerprint density at radius 1 is 1.11 bits per heavy atom. The molecule has 3 nitrogen and oxygen atoms in total. The summed E-state index contributed by atoms with van der Waals surface area (Å²) in [5.41, 5.74) is 0. The van der Waals surface area contributed by atoms with E-state index in [4.69, 9.17) is 14.2 Å². The number of hydrogen-bond acceptors (Lipinski definition) is 3. The van der Waals surface area contributed by atoms with Crippen molar-refractivity contribution in [3.05, 3.63) is 0 Å². The molecule has 0 aliphatic heterocycles. The second-order valence-corrected chi connectivity index (χ2v) is 1.36. The van der Waals surface area contributed by atoms with Gasteiger partial charge in [0.2, 0.25) is 0 Å². The molecule has 0 bridgehead atoms. The Morgan fingerprint density at radius 3 is 1.67 bits per heavy atom. The first-order valence-corrected chi connectivity index (χ1v) is 2.39. The second kappa shape index (κ2) is 7.88. The van der Waals surface area contributed by atoms with Crippen LogP contribution >= 0.6 is 0 Å². The van der Waals surface area contributed by atoms with Gasteiger partial charge in [-0.15, -0.1) is 0 Å². The molecule has 0 saturated heterocycles. The molecular formula is C6H16O3. The van der Waals surface area contributed by atoms with E-state index < -0.39 is 0 Å². The van der Waals surface area contributed by atoms with Crippen molar-refractivity contribution in [2.75, 3.05) is 27.9 Å². The molecule has 0 heterocycles. The standard InChI is InChI=1S/C5H12O3.CH4/c1-6-4-5(7-2)8-3;/h5H,4H2,1-3H3;1H4. The minimum absolute atomic E-state index is 0. The molecule has 0 aliphatic carbocycles. The van der Waals surface area contributed by atoms with Crippen LogP contribution in [0.15, 0.2) is 0 Å². The first kappa shape index (κ1) is 11.6. The van der Waals surface area contributed by atoms with E-state index in [0.29, 0.717) is 6.61 Å². The molecule has 0 aromatic carbocycles. The molecule has 0 amide bonds. The van der Waals surface area contributed by atoms with Gasteiger partial charge in [-0.3, -0.25) is 0 Å². The smallest absolute Gasteiger partial charge is 0.180 e. The van der Waals surface area contributed by atoms with Gasteiger partial charge in [0, 0.05) is 21.3 Å². The van der Waals surface area contributed by atoms with Gasteiger partial charge < -0.3 is 14.2 Å². The van der Waals surface area contributed by atoms with Crippen molar-refractivity contribution >= 4 is 0 Å². The van der Waals surface area contributed by atoms with Crippen LogP contribution in [0.4, 0.5) is 0 Å². The molecule has 0 spiro atoms. The molecule has 58 valence electrons. The summed E-state index contributed by atoms with van der Waals surface area (Å²) in [5, 5.41) is 0. The number of rotatable bonds is 4. The maximum atomic E-state index is 4.79. The van der Waals surface area contributed by atoms with E-state index in [-0.39, 0.29) is 13.7 Å². The number of methoxy groups -OCH3 is 3. The summed E-state index contributed by atoms with van der Waals surface area (Å²) >= 11 is 0. The molecule has 0 radical (unpaired) electrons. The van der Waals surface area contributed by atoms with E-state index in [1.54, 1.807) is 21.3 Å². The summed E-state index contributed by atoms with van der Waals surface area (Å²) in [5.74, 6) is 0. The van der Waals surface area contributed by atoms with E-state index in [2.05, 4.69) is 0 Å². The van der Waals surface area contributed by atoms with Gasteiger partial charge in [-0.05, 0) is 0 Å². The molecular weight excluding hydrogens is 120 g/mol. The Morgan fingerprint density at radius 2 is 1.56 bits per heavy atom. The molecule has 3 heteroatoms. The summed E-state index contributed by atoms with van der Waals surface area (Å²) in [4.78, 5) is 0. The van der Waals surface area contributed by atoms with Gasteiger partial charge in [-0.25, -0.2) is 0 Å². The molecule has 0 aliphatic rings. The van der Waals surface area contributed by atoms with Gasteiger partial charge >= 0.3 is 0 Å². The predicted molar refractivity (Wildman–Crippen MR) is 36.4 cm³/mol. The largest absolute Gasteiger partial charge is 0.379 e. The first-order valence-electron chi connectivity index (χ1n) is 2.39. The van der Waals surface area contributed by atoms with Gasteiger partial charge in [-0.2, -0.15) is 0 Å². The maximum Gasteiger partial charge on any atom is 0.180 e. The van der Waals surface area contributed by atoms with E-state index in [9.17, 15) is 0 Å². The summed E-state index contributed by atoms with van der Waals surface area (Å²) in [6.45, 7) is 0.479. The number of hydrogen-bond donors (Lipinski definition) is 0.